The van der Waals surface area contributed by atoms with Crippen LogP contribution in [0, 0.1) is 11.3 Å². The monoisotopic (exact) mass is 302 g/mol. The lowest BCUT2D eigenvalue weighted by Gasteiger charge is -2.20. The van der Waals surface area contributed by atoms with Crippen molar-refractivity contribution in [1.29, 1.82) is 5.26 Å². The molecule has 0 saturated heterocycles. The van der Waals surface area contributed by atoms with Crippen LogP contribution >= 0.6 is 7.60 Å². The average Bonchev–Trinajstić information content (AvgIpc) is 2.49. The molecule has 0 radical (unpaired) electrons. The number of nitriles is 1. The Kier molecular flexibility index (Phi) is 5.39. The van der Waals surface area contributed by atoms with E-state index in [1.54, 1.807) is 48.5 Å². The van der Waals surface area contributed by atoms with Crippen molar-refractivity contribution in [3.8, 4) is 17.6 Å². The molecule has 5 nitrogen and oxygen atoms in total. The Bertz CT molecular complexity index is 595. The summed E-state index contributed by atoms with van der Waals surface area (Å²) in [4.78, 5) is 0. The molecule has 2 aromatic rings. The first kappa shape index (κ1) is 15.1. The second kappa shape index (κ2) is 7.49. The van der Waals surface area contributed by atoms with Gasteiger partial charge in [-0.1, -0.05) is 36.4 Å². The van der Waals surface area contributed by atoms with Gasteiger partial charge in [0.25, 0.3) is 0 Å². The Morgan fingerprint density at radius 3 is 1.86 bits per heavy atom. The third-order valence-corrected chi connectivity index (χ3v) is 4.07. The van der Waals surface area contributed by atoms with Crippen molar-refractivity contribution < 1.29 is 13.6 Å². The molecule has 0 unspecified atom stereocenters. The fraction of sp³-hybridized carbons (Fsp3) is 0.133. The van der Waals surface area contributed by atoms with Gasteiger partial charge in [0.1, 0.15) is 17.8 Å². The van der Waals surface area contributed by atoms with E-state index in [0.29, 0.717) is 11.5 Å². The zero-order valence-corrected chi connectivity index (χ0v) is 12.2. The second-order valence-electron chi connectivity index (χ2n) is 4.16. The number of hydrogen-bond donors (Lipinski definition) is 1. The SMILES string of the molecule is N#CCNCP(=O)(Oc1ccccc1)Oc1ccccc1. The molecule has 0 fully saturated rings. The molecule has 0 aliphatic carbocycles. The smallest absolute Gasteiger partial charge is 0.415 e. The highest BCUT2D eigenvalue weighted by Crippen LogP contribution is 2.47. The number of nitrogens with zero attached hydrogens (tertiary/aromatic N) is 1. The van der Waals surface area contributed by atoms with Crippen molar-refractivity contribution in [3.63, 3.8) is 0 Å². The fourth-order valence-corrected chi connectivity index (χ4v) is 3.05. The number of benzene rings is 2. The maximum Gasteiger partial charge on any atom is 0.444 e. The molecule has 0 saturated carbocycles. The molecule has 0 amide bonds. The molecule has 2 rings (SSSR count). The molecule has 0 aromatic heterocycles. The molecule has 1 N–H and O–H groups in total. The van der Waals surface area contributed by atoms with Gasteiger partial charge in [0.15, 0.2) is 0 Å². The Hall–Kier alpha value is -2.28. The molecule has 108 valence electrons. The highest BCUT2D eigenvalue weighted by Gasteiger charge is 2.27. The fourth-order valence-electron chi connectivity index (χ4n) is 1.62. The lowest BCUT2D eigenvalue weighted by molar-refractivity contribution is 0.382. The average molecular weight is 302 g/mol. The van der Waals surface area contributed by atoms with E-state index in [2.05, 4.69) is 5.32 Å². The summed E-state index contributed by atoms with van der Waals surface area (Å²) in [6.07, 6.45) is -0.0512. The lowest BCUT2D eigenvalue weighted by Crippen LogP contribution is -2.20. The van der Waals surface area contributed by atoms with E-state index in [-0.39, 0.29) is 12.8 Å². The van der Waals surface area contributed by atoms with Crippen LogP contribution < -0.4 is 14.4 Å². The maximum absolute atomic E-state index is 12.8. The molecule has 6 heteroatoms. The zero-order valence-electron chi connectivity index (χ0n) is 11.3. The Morgan fingerprint density at radius 2 is 1.43 bits per heavy atom. The molecular formula is C15H15N2O3P. The summed E-state index contributed by atoms with van der Waals surface area (Å²) < 4.78 is 23.8. The summed E-state index contributed by atoms with van der Waals surface area (Å²) >= 11 is 0. The van der Waals surface area contributed by atoms with Crippen LogP contribution in [0.25, 0.3) is 0 Å². The van der Waals surface area contributed by atoms with Crippen LogP contribution in [0.5, 0.6) is 11.5 Å². The maximum atomic E-state index is 12.8. The van der Waals surface area contributed by atoms with E-state index in [1.165, 1.54) is 0 Å². The molecule has 0 atom stereocenters. The topological polar surface area (TPSA) is 71.4 Å². The second-order valence-corrected chi connectivity index (χ2v) is 6.07. The summed E-state index contributed by atoms with van der Waals surface area (Å²) in [7, 11) is -3.46. The van der Waals surface area contributed by atoms with Gasteiger partial charge in [-0.15, -0.1) is 0 Å². The molecule has 2 aromatic carbocycles. The van der Waals surface area contributed by atoms with E-state index in [4.69, 9.17) is 14.3 Å². The predicted octanol–water partition coefficient (Wildman–Crippen LogP) is 3.41. The third-order valence-electron chi connectivity index (χ3n) is 2.48. The highest BCUT2D eigenvalue weighted by molar-refractivity contribution is 7.54. The van der Waals surface area contributed by atoms with Crippen LogP contribution in [0.2, 0.25) is 0 Å². The zero-order chi connectivity index (χ0) is 15.0. The molecule has 0 spiro atoms. The van der Waals surface area contributed by atoms with Gasteiger partial charge in [-0.3, -0.25) is 5.32 Å². The van der Waals surface area contributed by atoms with Crippen LogP contribution in [0.3, 0.4) is 0 Å². The quantitative estimate of drug-likeness (QED) is 0.482. The van der Waals surface area contributed by atoms with Gasteiger partial charge < -0.3 is 9.05 Å². The van der Waals surface area contributed by atoms with Gasteiger partial charge in [0.2, 0.25) is 0 Å². The minimum absolute atomic E-state index is 0.0512. The molecular weight excluding hydrogens is 287 g/mol. The van der Waals surface area contributed by atoms with Gasteiger partial charge in [-0.05, 0) is 24.3 Å². The van der Waals surface area contributed by atoms with Crippen molar-refractivity contribution in [2.45, 2.75) is 0 Å². The van der Waals surface area contributed by atoms with E-state index < -0.39 is 7.60 Å². The van der Waals surface area contributed by atoms with Crippen LogP contribution in [0.15, 0.2) is 60.7 Å². The number of para-hydroxylation sites is 2. The summed E-state index contributed by atoms with van der Waals surface area (Å²) in [5, 5.41) is 11.3. The first-order chi connectivity index (χ1) is 10.2. The lowest BCUT2D eigenvalue weighted by atomic mass is 10.3. The van der Waals surface area contributed by atoms with Gasteiger partial charge in [-0.2, -0.15) is 5.26 Å². The van der Waals surface area contributed by atoms with Crippen molar-refractivity contribution in [2.75, 3.05) is 12.8 Å². The first-order valence-electron chi connectivity index (χ1n) is 6.38. The van der Waals surface area contributed by atoms with E-state index >= 15 is 0 Å². The molecule has 0 aliphatic rings. The standard InChI is InChI=1S/C15H15N2O3P/c16-11-12-17-13-21(18,19-14-7-3-1-4-8-14)20-15-9-5-2-6-10-15/h1-10,17H,12-13H2. The minimum atomic E-state index is -3.46. The molecule has 0 bridgehead atoms. The van der Waals surface area contributed by atoms with E-state index in [9.17, 15) is 4.57 Å². The van der Waals surface area contributed by atoms with Gasteiger partial charge >= 0.3 is 7.60 Å². The van der Waals surface area contributed by atoms with Crippen LogP contribution in [-0.2, 0) is 4.57 Å². The largest absolute Gasteiger partial charge is 0.444 e. The van der Waals surface area contributed by atoms with Crippen molar-refractivity contribution in [2.24, 2.45) is 0 Å². The third kappa shape index (κ3) is 4.96. The highest BCUT2D eigenvalue weighted by atomic mass is 31.2. The van der Waals surface area contributed by atoms with Crippen LogP contribution in [-0.4, -0.2) is 12.8 Å². The summed E-state index contributed by atoms with van der Waals surface area (Å²) in [5.41, 5.74) is 0. The molecule has 0 heterocycles. The Morgan fingerprint density at radius 1 is 0.952 bits per heavy atom. The summed E-state index contributed by atoms with van der Waals surface area (Å²) in [6.45, 7) is 0.0697. The molecule has 0 aliphatic heterocycles. The predicted molar refractivity (Wildman–Crippen MR) is 80.2 cm³/mol. The Labute approximate surface area is 123 Å². The van der Waals surface area contributed by atoms with E-state index in [1.807, 2.05) is 18.2 Å². The first-order valence-corrected chi connectivity index (χ1v) is 8.11. The van der Waals surface area contributed by atoms with Crippen molar-refractivity contribution >= 4 is 7.60 Å². The summed E-state index contributed by atoms with van der Waals surface area (Å²) in [6, 6.07) is 19.5. The van der Waals surface area contributed by atoms with Gasteiger partial charge in [0, 0.05) is 0 Å². The van der Waals surface area contributed by atoms with Gasteiger partial charge in [-0.25, -0.2) is 4.57 Å². The van der Waals surface area contributed by atoms with Crippen LogP contribution in [0.1, 0.15) is 0 Å². The normalized spacial score (nSPS) is 10.6. The van der Waals surface area contributed by atoms with Crippen molar-refractivity contribution in [3.05, 3.63) is 60.7 Å². The van der Waals surface area contributed by atoms with Gasteiger partial charge in [0.05, 0.1) is 12.6 Å². The minimum Gasteiger partial charge on any atom is -0.415 e. The number of nitrogens with one attached hydrogen (secondary N) is 1. The molecule has 21 heavy (non-hydrogen) atoms. The number of rotatable bonds is 7. The Balaban J connectivity index is 2.14. The van der Waals surface area contributed by atoms with Crippen molar-refractivity contribution in [1.82, 2.24) is 5.32 Å². The van der Waals surface area contributed by atoms with E-state index in [0.717, 1.165) is 0 Å². The van der Waals surface area contributed by atoms with Crippen LogP contribution in [0.4, 0.5) is 0 Å². The summed E-state index contributed by atoms with van der Waals surface area (Å²) in [5.74, 6) is 0.908. The number of hydrogen-bond acceptors (Lipinski definition) is 5.